The van der Waals surface area contributed by atoms with Gasteiger partial charge in [-0.25, -0.2) is 0 Å². The maximum atomic E-state index is 10.3. The number of hydrogen-bond donors (Lipinski definition) is 1. The Morgan fingerprint density at radius 2 is 1.84 bits per heavy atom. The first kappa shape index (κ1) is 13.8. The molecule has 3 nitrogen and oxygen atoms in total. The van der Waals surface area contributed by atoms with Crippen molar-refractivity contribution in [1.82, 2.24) is 9.78 Å². The molecule has 0 aliphatic heterocycles. The van der Waals surface area contributed by atoms with Gasteiger partial charge in [-0.05, 0) is 24.0 Å². The van der Waals surface area contributed by atoms with Crippen LogP contribution in [0, 0.1) is 6.92 Å². The Morgan fingerprint density at radius 3 is 2.32 bits per heavy atom. The number of aryl methyl sites for hydroxylation is 1. The zero-order chi connectivity index (χ0) is 14.0. The van der Waals surface area contributed by atoms with Crippen molar-refractivity contribution in [3.05, 3.63) is 52.8 Å². The highest BCUT2D eigenvalue weighted by molar-refractivity contribution is 5.27. The lowest BCUT2D eigenvalue weighted by Gasteiger charge is -2.12. The van der Waals surface area contributed by atoms with Gasteiger partial charge in [0.2, 0.25) is 0 Å². The maximum absolute atomic E-state index is 10.3. The standard InChI is InChI=1S/C16H22N2O/c1-11(2)14-7-5-13(6-8-14)9-16(19)15-10-17-18(4)12(15)3/h5-8,10-11,16,19H,9H2,1-4H3. The topological polar surface area (TPSA) is 38.1 Å². The minimum Gasteiger partial charge on any atom is -0.388 e. The van der Waals surface area contributed by atoms with Crippen LogP contribution in [0.5, 0.6) is 0 Å². The average Bonchev–Trinajstić information content (AvgIpc) is 2.70. The molecule has 0 amide bonds. The number of nitrogens with zero attached hydrogens (tertiary/aromatic N) is 2. The Labute approximate surface area is 114 Å². The molecule has 19 heavy (non-hydrogen) atoms. The third-order valence-corrected chi connectivity index (χ3v) is 3.71. The van der Waals surface area contributed by atoms with Gasteiger partial charge in [-0.3, -0.25) is 4.68 Å². The summed E-state index contributed by atoms with van der Waals surface area (Å²) < 4.78 is 1.79. The highest BCUT2D eigenvalue weighted by atomic mass is 16.3. The summed E-state index contributed by atoms with van der Waals surface area (Å²) in [4.78, 5) is 0. The minimum absolute atomic E-state index is 0.487. The van der Waals surface area contributed by atoms with Gasteiger partial charge in [0.05, 0.1) is 12.3 Å². The highest BCUT2D eigenvalue weighted by Crippen LogP contribution is 2.22. The van der Waals surface area contributed by atoms with Crippen molar-refractivity contribution in [3.8, 4) is 0 Å². The second kappa shape index (κ2) is 5.57. The smallest absolute Gasteiger partial charge is 0.0863 e. The van der Waals surface area contributed by atoms with Gasteiger partial charge in [-0.2, -0.15) is 5.10 Å². The fourth-order valence-corrected chi connectivity index (χ4v) is 2.21. The molecule has 0 radical (unpaired) electrons. The van der Waals surface area contributed by atoms with E-state index in [1.54, 1.807) is 10.9 Å². The van der Waals surface area contributed by atoms with Crippen LogP contribution >= 0.6 is 0 Å². The Balaban J connectivity index is 2.10. The van der Waals surface area contributed by atoms with Crippen LogP contribution in [-0.2, 0) is 13.5 Å². The number of aromatic nitrogens is 2. The lowest BCUT2D eigenvalue weighted by atomic mass is 9.98. The van der Waals surface area contributed by atoms with E-state index >= 15 is 0 Å². The molecular formula is C16H22N2O. The van der Waals surface area contributed by atoms with Crippen molar-refractivity contribution in [2.24, 2.45) is 7.05 Å². The number of hydrogen-bond acceptors (Lipinski definition) is 2. The van der Waals surface area contributed by atoms with Crippen LogP contribution in [0.25, 0.3) is 0 Å². The Hall–Kier alpha value is -1.61. The van der Waals surface area contributed by atoms with E-state index in [2.05, 4.69) is 43.2 Å². The van der Waals surface area contributed by atoms with Gasteiger partial charge in [0.15, 0.2) is 0 Å². The molecule has 1 unspecified atom stereocenters. The fraction of sp³-hybridized carbons (Fsp3) is 0.438. The quantitative estimate of drug-likeness (QED) is 0.915. The van der Waals surface area contributed by atoms with E-state index in [4.69, 9.17) is 0 Å². The Kier molecular flexibility index (Phi) is 4.05. The minimum atomic E-state index is -0.487. The van der Waals surface area contributed by atoms with Crippen LogP contribution in [0.3, 0.4) is 0 Å². The summed E-state index contributed by atoms with van der Waals surface area (Å²) >= 11 is 0. The molecule has 1 atom stereocenters. The second-order valence-corrected chi connectivity index (χ2v) is 5.43. The average molecular weight is 258 g/mol. The first-order valence-electron chi connectivity index (χ1n) is 6.74. The first-order valence-corrected chi connectivity index (χ1v) is 6.74. The van der Waals surface area contributed by atoms with Gasteiger partial charge in [-0.15, -0.1) is 0 Å². The van der Waals surface area contributed by atoms with Gasteiger partial charge in [0, 0.05) is 24.7 Å². The van der Waals surface area contributed by atoms with E-state index in [1.165, 1.54) is 5.56 Å². The lowest BCUT2D eigenvalue weighted by molar-refractivity contribution is 0.177. The molecule has 1 N–H and O–H groups in total. The highest BCUT2D eigenvalue weighted by Gasteiger charge is 2.14. The summed E-state index contributed by atoms with van der Waals surface area (Å²) in [6, 6.07) is 8.49. The zero-order valence-corrected chi connectivity index (χ0v) is 12.1. The number of aliphatic hydroxyl groups excluding tert-OH is 1. The normalized spacial score (nSPS) is 12.9. The second-order valence-electron chi connectivity index (χ2n) is 5.43. The van der Waals surface area contributed by atoms with Crippen LogP contribution < -0.4 is 0 Å². The summed E-state index contributed by atoms with van der Waals surface area (Å²) in [6.07, 6.45) is 1.89. The molecule has 1 heterocycles. The van der Waals surface area contributed by atoms with E-state index in [9.17, 15) is 5.11 Å². The predicted octanol–water partition coefficient (Wildman–Crippen LogP) is 3.13. The van der Waals surface area contributed by atoms with E-state index in [1.807, 2.05) is 14.0 Å². The van der Waals surface area contributed by atoms with Crippen LogP contribution in [-0.4, -0.2) is 14.9 Å². The fourth-order valence-electron chi connectivity index (χ4n) is 2.21. The number of rotatable bonds is 4. The summed E-state index contributed by atoms with van der Waals surface area (Å²) in [5.41, 5.74) is 4.41. The van der Waals surface area contributed by atoms with Gasteiger partial charge in [0.1, 0.15) is 0 Å². The van der Waals surface area contributed by atoms with Crippen molar-refractivity contribution in [2.75, 3.05) is 0 Å². The molecule has 102 valence electrons. The lowest BCUT2D eigenvalue weighted by Crippen LogP contribution is -2.04. The SMILES string of the molecule is Cc1c(C(O)Cc2ccc(C(C)C)cc2)cnn1C. The molecule has 2 aromatic rings. The third kappa shape index (κ3) is 3.04. The number of benzene rings is 1. The van der Waals surface area contributed by atoms with Crippen LogP contribution in [0.2, 0.25) is 0 Å². The van der Waals surface area contributed by atoms with Gasteiger partial charge in [0.25, 0.3) is 0 Å². The van der Waals surface area contributed by atoms with Crippen molar-refractivity contribution in [3.63, 3.8) is 0 Å². The molecule has 0 aliphatic rings. The van der Waals surface area contributed by atoms with E-state index in [0.29, 0.717) is 12.3 Å². The molecule has 0 aliphatic carbocycles. The van der Waals surface area contributed by atoms with E-state index in [0.717, 1.165) is 16.8 Å². The Morgan fingerprint density at radius 1 is 1.21 bits per heavy atom. The molecule has 0 saturated heterocycles. The molecule has 0 spiro atoms. The van der Waals surface area contributed by atoms with Crippen molar-refractivity contribution < 1.29 is 5.11 Å². The predicted molar refractivity (Wildman–Crippen MR) is 77.1 cm³/mol. The summed E-state index contributed by atoms with van der Waals surface area (Å²) in [6.45, 7) is 6.35. The number of aliphatic hydroxyl groups is 1. The van der Waals surface area contributed by atoms with E-state index < -0.39 is 6.10 Å². The largest absolute Gasteiger partial charge is 0.388 e. The van der Waals surface area contributed by atoms with Crippen LogP contribution in [0.1, 0.15) is 48.3 Å². The molecule has 1 aromatic heterocycles. The first-order chi connectivity index (χ1) is 8.99. The van der Waals surface area contributed by atoms with Crippen LogP contribution in [0.4, 0.5) is 0 Å². The van der Waals surface area contributed by atoms with E-state index in [-0.39, 0.29) is 0 Å². The molecule has 0 saturated carbocycles. The summed E-state index contributed by atoms with van der Waals surface area (Å²) in [5.74, 6) is 0.541. The summed E-state index contributed by atoms with van der Waals surface area (Å²) in [7, 11) is 1.89. The van der Waals surface area contributed by atoms with Gasteiger partial charge < -0.3 is 5.11 Å². The summed E-state index contributed by atoms with van der Waals surface area (Å²) in [5, 5.41) is 14.5. The van der Waals surface area contributed by atoms with Crippen molar-refractivity contribution >= 4 is 0 Å². The molecule has 1 aromatic carbocycles. The molecule has 2 rings (SSSR count). The molecule has 3 heteroatoms. The third-order valence-electron chi connectivity index (χ3n) is 3.71. The van der Waals surface area contributed by atoms with Crippen LogP contribution in [0.15, 0.2) is 30.5 Å². The van der Waals surface area contributed by atoms with Gasteiger partial charge >= 0.3 is 0 Å². The van der Waals surface area contributed by atoms with Crippen molar-refractivity contribution in [2.45, 2.75) is 39.2 Å². The molecule has 0 bridgehead atoms. The van der Waals surface area contributed by atoms with Gasteiger partial charge in [-0.1, -0.05) is 38.1 Å². The zero-order valence-electron chi connectivity index (χ0n) is 12.1. The van der Waals surface area contributed by atoms with Crippen molar-refractivity contribution in [1.29, 1.82) is 0 Å². The Bertz CT molecular complexity index is 540. The molecule has 0 fully saturated rings. The maximum Gasteiger partial charge on any atom is 0.0863 e. The molecular weight excluding hydrogens is 236 g/mol. The monoisotopic (exact) mass is 258 g/mol.